The first kappa shape index (κ1) is 15.7. The second-order valence-electron chi connectivity index (χ2n) is 6.33. The molecule has 1 aromatic heterocycles. The van der Waals surface area contributed by atoms with Gasteiger partial charge in [-0.15, -0.1) is 11.3 Å². The molecule has 0 aliphatic carbocycles. The zero-order valence-electron chi connectivity index (χ0n) is 13.7. The number of aromatic hydroxyl groups is 1. The Kier molecular flexibility index (Phi) is 3.65. The lowest BCUT2D eigenvalue weighted by Gasteiger charge is -2.37. The van der Waals surface area contributed by atoms with Gasteiger partial charge in [-0.1, -0.05) is 35.9 Å². The van der Waals surface area contributed by atoms with Crippen LogP contribution in [0.5, 0.6) is 11.5 Å². The number of benzene rings is 2. The lowest BCUT2D eigenvalue weighted by Crippen LogP contribution is -2.33. The second kappa shape index (κ2) is 6.04. The maximum atomic E-state index is 10.3. The molecule has 130 valence electrons. The number of hydrazone groups is 1. The second-order valence-corrected chi connectivity index (χ2v) is 7.75. The van der Waals surface area contributed by atoms with Crippen LogP contribution in [0.1, 0.15) is 34.7 Å². The summed E-state index contributed by atoms with van der Waals surface area (Å²) in [6, 6.07) is 17.3. The van der Waals surface area contributed by atoms with Crippen molar-refractivity contribution in [2.24, 2.45) is 5.10 Å². The van der Waals surface area contributed by atoms with Crippen molar-refractivity contribution in [1.82, 2.24) is 5.01 Å². The fraction of sp³-hybridized carbons (Fsp3) is 0.150. The molecule has 0 spiro atoms. The summed E-state index contributed by atoms with van der Waals surface area (Å²) in [4.78, 5) is 1.10. The molecule has 3 aromatic rings. The van der Waals surface area contributed by atoms with Gasteiger partial charge in [0, 0.05) is 22.6 Å². The number of nitrogens with zero attached hydrogens (tertiary/aromatic N) is 2. The van der Waals surface area contributed by atoms with Crippen LogP contribution in [0.4, 0.5) is 0 Å². The van der Waals surface area contributed by atoms with Crippen molar-refractivity contribution in [3.05, 3.63) is 81.0 Å². The van der Waals surface area contributed by atoms with Gasteiger partial charge in [-0.05, 0) is 35.7 Å². The molecule has 0 saturated carbocycles. The van der Waals surface area contributed by atoms with Gasteiger partial charge in [0.2, 0.25) is 6.23 Å². The molecule has 0 amide bonds. The monoisotopic (exact) mass is 382 g/mol. The maximum absolute atomic E-state index is 10.3. The Labute approximate surface area is 159 Å². The van der Waals surface area contributed by atoms with Crippen molar-refractivity contribution >= 4 is 28.6 Å². The van der Waals surface area contributed by atoms with Crippen LogP contribution in [0.15, 0.2) is 65.1 Å². The molecular formula is C20H15ClN2O2S. The Bertz CT molecular complexity index is 1000. The number of para-hydroxylation sites is 1. The Morgan fingerprint density at radius 2 is 2.04 bits per heavy atom. The van der Waals surface area contributed by atoms with Gasteiger partial charge in [0.1, 0.15) is 11.5 Å². The molecule has 2 atom stereocenters. The molecule has 2 aliphatic rings. The zero-order valence-corrected chi connectivity index (χ0v) is 15.2. The first-order valence-corrected chi connectivity index (χ1v) is 9.60. The SMILES string of the molecule is Oc1ccc(Cl)cc1C1=NN2[C@H](C1)c1ccccc1O[C@@H]2c1cccs1. The van der Waals surface area contributed by atoms with Crippen molar-refractivity contribution in [3.8, 4) is 11.5 Å². The highest BCUT2D eigenvalue weighted by molar-refractivity contribution is 7.10. The van der Waals surface area contributed by atoms with E-state index in [2.05, 4.69) is 12.1 Å². The molecular weight excluding hydrogens is 368 g/mol. The molecule has 5 rings (SSSR count). The number of halogens is 1. The van der Waals surface area contributed by atoms with Gasteiger partial charge in [-0.25, -0.2) is 5.01 Å². The highest BCUT2D eigenvalue weighted by atomic mass is 35.5. The lowest BCUT2D eigenvalue weighted by molar-refractivity contribution is -0.0165. The van der Waals surface area contributed by atoms with Gasteiger partial charge in [0.05, 0.1) is 16.6 Å². The van der Waals surface area contributed by atoms with Crippen LogP contribution in [-0.2, 0) is 0 Å². The number of rotatable bonds is 2. The molecule has 26 heavy (non-hydrogen) atoms. The number of thiophene rings is 1. The van der Waals surface area contributed by atoms with E-state index >= 15 is 0 Å². The summed E-state index contributed by atoms with van der Waals surface area (Å²) in [5.74, 6) is 1.08. The van der Waals surface area contributed by atoms with Crippen molar-refractivity contribution in [2.45, 2.75) is 18.7 Å². The van der Waals surface area contributed by atoms with Gasteiger partial charge < -0.3 is 9.84 Å². The van der Waals surface area contributed by atoms with Crippen LogP contribution in [0.3, 0.4) is 0 Å². The number of hydrogen-bond acceptors (Lipinski definition) is 5. The van der Waals surface area contributed by atoms with Crippen LogP contribution in [0.25, 0.3) is 0 Å². The Hall–Kier alpha value is -2.50. The molecule has 1 N–H and O–H groups in total. The van der Waals surface area contributed by atoms with E-state index in [0.717, 1.165) is 21.9 Å². The molecule has 3 heterocycles. The first-order chi connectivity index (χ1) is 12.7. The molecule has 2 aromatic carbocycles. The quantitative estimate of drug-likeness (QED) is 0.649. The highest BCUT2D eigenvalue weighted by Crippen LogP contribution is 2.48. The standard InChI is InChI=1S/C20H15ClN2O2S/c21-12-7-8-17(24)14(10-12)15-11-16-13-4-1-2-5-18(13)25-20(23(16)22-15)19-6-3-9-26-19/h1-10,16,20,24H,11H2/t16-,20-/m1/s1. The van der Waals surface area contributed by atoms with Crippen LogP contribution in [0.2, 0.25) is 5.02 Å². The lowest BCUT2D eigenvalue weighted by atomic mass is 9.96. The Balaban J connectivity index is 1.62. The number of phenolic OH excluding ortho intramolecular Hbond substituents is 1. The fourth-order valence-electron chi connectivity index (χ4n) is 3.56. The third kappa shape index (κ3) is 2.47. The van der Waals surface area contributed by atoms with E-state index in [-0.39, 0.29) is 18.0 Å². The summed E-state index contributed by atoms with van der Waals surface area (Å²) in [6.07, 6.45) is 0.421. The first-order valence-electron chi connectivity index (χ1n) is 8.34. The van der Waals surface area contributed by atoms with Gasteiger partial charge in [0.15, 0.2) is 0 Å². The van der Waals surface area contributed by atoms with Crippen LogP contribution >= 0.6 is 22.9 Å². The molecule has 4 nitrogen and oxygen atoms in total. The van der Waals surface area contributed by atoms with Gasteiger partial charge in [-0.3, -0.25) is 0 Å². The third-order valence-electron chi connectivity index (χ3n) is 4.76. The van der Waals surface area contributed by atoms with E-state index in [9.17, 15) is 5.11 Å². The number of ether oxygens (including phenoxy) is 1. The summed E-state index contributed by atoms with van der Waals surface area (Å²) in [6.45, 7) is 0. The van der Waals surface area contributed by atoms with Gasteiger partial charge >= 0.3 is 0 Å². The summed E-state index contributed by atoms with van der Waals surface area (Å²) in [5, 5.41) is 19.7. The predicted molar refractivity (Wildman–Crippen MR) is 103 cm³/mol. The average molecular weight is 383 g/mol. The largest absolute Gasteiger partial charge is 0.507 e. The minimum absolute atomic E-state index is 0.0698. The topological polar surface area (TPSA) is 45.1 Å². The summed E-state index contributed by atoms with van der Waals surface area (Å²) >= 11 is 7.79. The third-order valence-corrected chi connectivity index (χ3v) is 5.89. The van der Waals surface area contributed by atoms with E-state index in [1.807, 2.05) is 34.7 Å². The Morgan fingerprint density at radius 1 is 1.15 bits per heavy atom. The number of fused-ring (bicyclic) bond motifs is 3. The molecule has 0 fully saturated rings. The molecule has 0 radical (unpaired) electrons. The van der Waals surface area contributed by atoms with Gasteiger partial charge in [0.25, 0.3) is 0 Å². The minimum Gasteiger partial charge on any atom is -0.507 e. The van der Waals surface area contributed by atoms with E-state index in [1.165, 1.54) is 0 Å². The molecule has 2 aliphatic heterocycles. The van der Waals surface area contributed by atoms with E-state index < -0.39 is 0 Å². The van der Waals surface area contributed by atoms with Crippen molar-refractivity contribution in [3.63, 3.8) is 0 Å². The normalized spacial score (nSPS) is 21.0. The summed E-state index contributed by atoms with van der Waals surface area (Å²) < 4.78 is 6.27. The zero-order chi connectivity index (χ0) is 17.7. The predicted octanol–water partition coefficient (Wildman–Crippen LogP) is 5.35. The van der Waals surface area contributed by atoms with Crippen molar-refractivity contribution < 1.29 is 9.84 Å². The van der Waals surface area contributed by atoms with Crippen LogP contribution in [-0.4, -0.2) is 15.8 Å². The Morgan fingerprint density at radius 3 is 2.88 bits per heavy atom. The van der Waals surface area contributed by atoms with Crippen LogP contribution in [0, 0.1) is 0 Å². The van der Waals surface area contributed by atoms with Gasteiger partial charge in [-0.2, -0.15) is 5.10 Å². The van der Waals surface area contributed by atoms with E-state index in [1.54, 1.807) is 29.5 Å². The average Bonchev–Trinajstić information content (AvgIpc) is 3.33. The number of hydrogen-bond donors (Lipinski definition) is 1. The van der Waals surface area contributed by atoms with Crippen LogP contribution < -0.4 is 4.74 Å². The molecule has 0 bridgehead atoms. The summed E-state index contributed by atoms with van der Waals surface area (Å²) in [7, 11) is 0. The molecule has 6 heteroatoms. The van der Waals surface area contributed by atoms with Crippen molar-refractivity contribution in [2.75, 3.05) is 0 Å². The molecule has 0 saturated heterocycles. The van der Waals surface area contributed by atoms with Crippen molar-refractivity contribution in [1.29, 1.82) is 0 Å². The van der Waals surface area contributed by atoms with E-state index in [0.29, 0.717) is 17.0 Å². The fourth-order valence-corrected chi connectivity index (χ4v) is 4.47. The maximum Gasteiger partial charge on any atom is 0.222 e. The summed E-state index contributed by atoms with van der Waals surface area (Å²) in [5.41, 5.74) is 2.60. The smallest absolute Gasteiger partial charge is 0.222 e. The number of phenols is 1. The van der Waals surface area contributed by atoms with E-state index in [4.69, 9.17) is 21.4 Å². The highest BCUT2D eigenvalue weighted by Gasteiger charge is 2.41. The minimum atomic E-state index is -0.270. The molecule has 0 unspecified atom stereocenters.